The van der Waals surface area contributed by atoms with Crippen LogP contribution in [0.15, 0.2) is 42.5 Å². The smallest absolute Gasteiger partial charge is 0.255 e. The van der Waals surface area contributed by atoms with Gasteiger partial charge in [0, 0.05) is 18.7 Å². The highest BCUT2D eigenvalue weighted by Crippen LogP contribution is 2.28. The molecule has 2 amide bonds. The second kappa shape index (κ2) is 10.6. The number of benzene rings is 2. The van der Waals surface area contributed by atoms with E-state index in [1.165, 1.54) is 45.0 Å². The van der Waals surface area contributed by atoms with Gasteiger partial charge in [-0.1, -0.05) is 30.7 Å². The van der Waals surface area contributed by atoms with Gasteiger partial charge in [0.25, 0.3) is 11.8 Å². The molecule has 0 saturated carbocycles. The van der Waals surface area contributed by atoms with Crippen molar-refractivity contribution in [3.63, 3.8) is 0 Å². The average Bonchev–Trinajstić information content (AvgIpc) is 2.77. The van der Waals surface area contributed by atoms with E-state index in [4.69, 9.17) is 15.2 Å². The Labute approximate surface area is 177 Å². The number of piperidine rings is 1. The number of primary amides is 1. The number of carbonyl (C=O) groups is 2. The van der Waals surface area contributed by atoms with Gasteiger partial charge in [0.2, 0.25) is 0 Å². The molecular weight excluding hydrogens is 382 g/mol. The first kappa shape index (κ1) is 21.6. The summed E-state index contributed by atoms with van der Waals surface area (Å²) in [7, 11) is 1.47. The van der Waals surface area contributed by atoms with Crippen molar-refractivity contribution < 1.29 is 19.1 Å². The Balaban J connectivity index is 1.53. The number of nitrogens with two attached hydrogens (primary N) is 1. The highest BCUT2D eigenvalue weighted by atomic mass is 16.5. The third kappa shape index (κ3) is 6.22. The first-order chi connectivity index (χ1) is 14.5. The molecule has 2 aromatic carbocycles. The molecule has 0 atom stereocenters. The third-order valence-electron chi connectivity index (χ3n) is 5.13. The third-order valence-corrected chi connectivity index (χ3v) is 5.13. The SMILES string of the molecule is COc1cc(C(=O)NCc2ccc(CN3CCCCC3)cc2)ccc1OCC(N)=O. The molecule has 1 saturated heterocycles. The summed E-state index contributed by atoms with van der Waals surface area (Å²) in [5, 5.41) is 2.92. The number of nitrogens with one attached hydrogen (secondary N) is 1. The van der Waals surface area contributed by atoms with Gasteiger partial charge in [0.1, 0.15) is 0 Å². The predicted octanol–water partition coefficient (Wildman–Crippen LogP) is 2.48. The molecule has 1 aliphatic heterocycles. The van der Waals surface area contributed by atoms with Crippen molar-refractivity contribution in [3.8, 4) is 11.5 Å². The van der Waals surface area contributed by atoms with Crippen molar-refractivity contribution in [1.29, 1.82) is 0 Å². The van der Waals surface area contributed by atoms with Crippen molar-refractivity contribution in [3.05, 3.63) is 59.2 Å². The van der Waals surface area contributed by atoms with Gasteiger partial charge in [-0.05, 0) is 55.3 Å². The molecule has 7 nitrogen and oxygen atoms in total. The number of hydrogen-bond acceptors (Lipinski definition) is 5. The molecule has 1 fully saturated rings. The van der Waals surface area contributed by atoms with Crippen molar-refractivity contribution in [2.24, 2.45) is 5.73 Å². The summed E-state index contributed by atoms with van der Waals surface area (Å²) in [6.45, 7) is 3.51. The molecule has 3 rings (SSSR count). The zero-order valence-corrected chi connectivity index (χ0v) is 17.4. The zero-order chi connectivity index (χ0) is 21.3. The number of methoxy groups -OCH3 is 1. The predicted molar refractivity (Wildman–Crippen MR) is 114 cm³/mol. The van der Waals surface area contributed by atoms with Gasteiger partial charge in [-0.15, -0.1) is 0 Å². The minimum absolute atomic E-state index is 0.216. The number of rotatable bonds is 9. The number of nitrogens with zero attached hydrogens (tertiary/aromatic N) is 1. The Kier molecular flexibility index (Phi) is 7.68. The maximum Gasteiger partial charge on any atom is 0.255 e. The monoisotopic (exact) mass is 411 g/mol. The molecule has 160 valence electrons. The minimum Gasteiger partial charge on any atom is -0.493 e. The van der Waals surface area contributed by atoms with E-state index in [0.717, 1.165) is 12.1 Å². The van der Waals surface area contributed by atoms with E-state index in [-0.39, 0.29) is 12.5 Å². The molecule has 0 aliphatic carbocycles. The summed E-state index contributed by atoms with van der Waals surface area (Å²) in [4.78, 5) is 25.9. The summed E-state index contributed by atoms with van der Waals surface area (Å²) in [5.74, 6) is -0.0731. The molecule has 1 aliphatic rings. The molecule has 30 heavy (non-hydrogen) atoms. The Hall–Kier alpha value is -3.06. The van der Waals surface area contributed by atoms with Crippen molar-refractivity contribution in [2.75, 3.05) is 26.8 Å². The highest BCUT2D eigenvalue weighted by Gasteiger charge is 2.13. The fourth-order valence-electron chi connectivity index (χ4n) is 3.50. The van der Waals surface area contributed by atoms with Gasteiger partial charge in [-0.25, -0.2) is 0 Å². The quantitative estimate of drug-likeness (QED) is 0.661. The van der Waals surface area contributed by atoms with Crippen LogP contribution in [-0.2, 0) is 17.9 Å². The standard InChI is InChI=1S/C23H29N3O4/c1-29-21-13-19(9-10-20(21)30-16-22(24)27)23(28)25-14-17-5-7-18(8-6-17)15-26-11-3-2-4-12-26/h5-10,13H,2-4,11-12,14-16H2,1H3,(H2,24,27)(H,25,28). The molecule has 0 radical (unpaired) electrons. The zero-order valence-electron chi connectivity index (χ0n) is 17.4. The number of amides is 2. The lowest BCUT2D eigenvalue weighted by Gasteiger charge is -2.26. The summed E-state index contributed by atoms with van der Waals surface area (Å²) in [5.41, 5.74) is 7.87. The summed E-state index contributed by atoms with van der Waals surface area (Å²) >= 11 is 0. The van der Waals surface area contributed by atoms with Crippen LogP contribution in [0, 0.1) is 0 Å². The largest absolute Gasteiger partial charge is 0.493 e. The average molecular weight is 412 g/mol. The van der Waals surface area contributed by atoms with E-state index in [0.29, 0.717) is 23.6 Å². The van der Waals surface area contributed by atoms with Crippen LogP contribution in [0.1, 0.15) is 40.7 Å². The van der Waals surface area contributed by atoms with Crippen molar-refractivity contribution in [2.45, 2.75) is 32.4 Å². The maximum absolute atomic E-state index is 12.5. The van der Waals surface area contributed by atoms with Gasteiger partial charge in [0.15, 0.2) is 18.1 Å². The molecule has 7 heteroatoms. The second-order valence-electron chi connectivity index (χ2n) is 7.46. The van der Waals surface area contributed by atoms with Crippen LogP contribution in [0.3, 0.4) is 0 Å². The molecule has 0 unspecified atom stereocenters. The lowest BCUT2D eigenvalue weighted by molar-refractivity contribution is -0.119. The fourth-order valence-corrected chi connectivity index (χ4v) is 3.50. The molecule has 0 aromatic heterocycles. The Morgan fingerprint density at radius 2 is 1.70 bits per heavy atom. The Bertz CT molecular complexity index is 861. The Morgan fingerprint density at radius 3 is 2.37 bits per heavy atom. The first-order valence-corrected chi connectivity index (χ1v) is 10.2. The van der Waals surface area contributed by atoms with Crippen molar-refractivity contribution >= 4 is 11.8 Å². The van der Waals surface area contributed by atoms with E-state index in [1.807, 2.05) is 0 Å². The summed E-state index contributed by atoms with van der Waals surface area (Å²) in [6, 6.07) is 13.2. The van der Waals surface area contributed by atoms with Gasteiger partial charge in [-0.2, -0.15) is 0 Å². The van der Waals surface area contributed by atoms with E-state index >= 15 is 0 Å². The lowest BCUT2D eigenvalue weighted by atomic mass is 10.1. The molecule has 1 heterocycles. The Morgan fingerprint density at radius 1 is 1.00 bits per heavy atom. The van der Waals surface area contributed by atoms with Gasteiger partial charge in [0.05, 0.1) is 7.11 Å². The van der Waals surface area contributed by atoms with E-state index in [9.17, 15) is 9.59 Å². The van der Waals surface area contributed by atoms with Crippen LogP contribution >= 0.6 is 0 Å². The minimum atomic E-state index is -0.583. The van der Waals surface area contributed by atoms with E-state index in [2.05, 4.69) is 34.5 Å². The van der Waals surface area contributed by atoms with Crippen LogP contribution in [0.4, 0.5) is 0 Å². The normalized spacial score (nSPS) is 14.2. The number of hydrogen-bond donors (Lipinski definition) is 2. The van der Waals surface area contributed by atoms with Crippen LogP contribution < -0.4 is 20.5 Å². The van der Waals surface area contributed by atoms with Crippen LogP contribution in [-0.4, -0.2) is 43.5 Å². The number of likely N-dealkylation sites (tertiary alicyclic amines) is 1. The first-order valence-electron chi connectivity index (χ1n) is 10.2. The van der Waals surface area contributed by atoms with Crippen molar-refractivity contribution in [1.82, 2.24) is 10.2 Å². The molecule has 0 spiro atoms. The van der Waals surface area contributed by atoms with E-state index in [1.54, 1.807) is 18.2 Å². The summed E-state index contributed by atoms with van der Waals surface area (Å²) < 4.78 is 10.5. The maximum atomic E-state index is 12.5. The van der Waals surface area contributed by atoms with Gasteiger partial charge < -0.3 is 20.5 Å². The van der Waals surface area contributed by atoms with Crippen LogP contribution in [0.2, 0.25) is 0 Å². The second-order valence-corrected chi connectivity index (χ2v) is 7.46. The topological polar surface area (TPSA) is 93.9 Å². The molecule has 0 bridgehead atoms. The highest BCUT2D eigenvalue weighted by molar-refractivity contribution is 5.94. The number of ether oxygens (including phenoxy) is 2. The van der Waals surface area contributed by atoms with Crippen LogP contribution in [0.5, 0.6) is 11.5 Å². The van der Waals surface area contributed by atoms with E-state index < -0.39 is 5.91 Å². The molecule has 2 aromatic rings. The fraction of sp³-hybridized carbons (Fsp3) is 0.391. The van der Waals surface area contributed by atoms with Gasteiger partial charge >= 0.3 is 0 Å². The van der Waals surface area contributed by atoms with Crippen LogP contribution in [0.25, 0.3) is 0 Å². The lowest BCUT2D eigenvalue weighted by Crippen LogP contribution is -2.29. The summed E-state index contributed by atoms with van der Waals surface area (Å²) in [6.07, 6.45) is 3.91. The molecule has 3 N–H and O–H groups in total. The molecular formula is C23H29N3O4. The van der Waals surface area contributed by atoms with Gasteiger partial charge in [-0.3, -0.25) is 14.5 Å². The number of carbonyl (C=O) groups excluding carboxylic acids is 2.